The zero-order valence-electron chi connectivity index (χ0n) is 12.5. The summed E-state index contributed by atoms with van der Waals surface area (Å²) < 4.78 is 0. The number of nitrogens with one attached hydrogen (secondary N) is 2. The Kier molecular flexibility index (Phi) is 5.47. The van der Waals surface area contributed by atoms with Crippen molar-refractivity contribution in [2.24, 2.45) is 0 Å². The van der Waals surface area contributed by atoms with E-state index in [1.54, 1.807) is 22.7 Å². The molecular formula is C15H16N4OS3. The third-order valence-electron chi connectivity index (χ3n) is 3.11. The van der Waals surface area contributed by atoms with Gasteiger partial charge in [-0.3, -0.25) is 9.89 Å². The molecule has 0 radical (unpaired) electrons. The summed E-state index contributed by atoms with van der Waals surface area (Å²) in [6, 6.07) is 8.13. The van der Waals surface area contributed by atoms with Crippen LogP contribution < -0.4 is 5.32 Å². The minimum Gasteiger partial charge on any atom is -0.348 e. The number of carbonyl (C=O) groups is 1. The summed E-state index contributed by atoms with van der Waals surface area (Å²) in [5.41, 5.74) is 0. The molecule has 3 rings (SSSR count). The molecule has 8 heteroatoms. The second kappa shape index (κ2) is 7.76. The number of H-pyrrole nitrogens is 1. The number of nitrogens with zero attached hydrogens (tertiary/aromatic N) is 2. The number of carbonyl (C=O) groups excluding carboxylic acids is 1. The van der Waals surface area contributed by atoms with Crippen molar-refractivity contribution in [2.45, 2.75) is 24.5 Å². The summed E-state index contributed by atoms with van der Waals surface area (Å²) in [7, 11) is 0. The average molecular weight is 365 g/mol. The van der Waals surface area contributed by atoms with Crippen LogP contribution in [0.4, 0.5) is 0 Å². The Morgan fingerprint density at radius 2 is 2.17 bits per heavy atom. The van der Waals surface area contributed by atoms with E-state index in [-0.39, 0.29) is 11.9 Å². The molecule has 0 aliphatic rings. The maximum Gasteiger partial charge on any atom is 0.230 e. The lowest BCUT2D eigenvalue weighted by molar-refractivity contribution is -0.119. The van der Waals surface area contributed by atoms with Crippen LogP contribution in [0, 0.1) is 0 Å². The smallest absolute Gasteiger partial charge is 0.230 e. The molecule has 0 bridgehead atoms. The van der Waals surface area contributed by atoms with Crippen LogP contribution in [-0.2, 0) is 11.2 Å². The summed E-state index contributed by atoms with van der Waals surface area (Å²) >= 11 is 4.68. The monoisotopic (exact) mass is 364 g/mol. The number of thioether (sulfide) groups is 1. The van der Waals surface area contributed by atoms with E-state index in [2.05, 4.69) is 26.6 Å². The number of hydrogen-bond donors (Lipinski definition) is 2. The zero-order chi connectivity index (χ0) is 16.1. The maximum absolute atomic E-state index is 12.0. The highest BCUT2D eigenvalue weighted by Crippen LogP contribution is 2.19. The topological polar surface area (TPSA) is 70.7 Å². The molecule has 3 aromatic rings. The lowest BCUT2D eigenvalue weighted by Gasteiger charge is -2.11. The van der Waals surface area contributed by atoms with Crippen molar-refractivity contribution in [1.29, 1.82) is 0 Å². The van der Waals surface area contributed by atoms with Crippen molar-refractivity contribution in [3.05, 3.63) is 50.6 Å². The van der Waals surface area contributed by atoms with Gasteiger partial charge in [-0.1, -0.05) is 23.9 Å². The van der Waals surface area contributed by atoms with Gasteiger partial charge in [0.15, 0.2) is 0 Å². The van der Waals surface area contributed by atoms with E-state index in [9.17, 15) is 4.79 Å². The van der Waals surface area contributed by atoms with Crippen molar-refractivity contribution in [3.8, 4) is 0 Å². The van der Waals surface area contributed by atoms with Gasteiger partial charge in [-0.2, -0.15) is 0 Å². The number of aromatic nitrogens is 3. The van der Waals surface area contributed by atoms with Crippen molar-refractivity contribution >= 4 is 40.3 Å². The van der Waals surface area contributed by atoms with Gasteiger partial charge in [-0.25, -0.2) is 4.98 Å². The first kappa shape index (κ1) is 16.2. The molecule has 3 heterocycles. The molecule has 0 aromatic carbocycles. The van der Waals surface area contributed by atoms with Crippen molar-refractivity contribution < 1.29 is 4.79 Å². The van der Waals surface area contributed by atoms with E-state index in [1.807, 2.05) is 35.9 Å². The van der Waals surface area contributed by atoms with Crippen LogP contribution >= 0.6 is 34.4 Å². The Hall–Kier alpha value is -1.64. The van der Waals surface area contributed by atoms with Gasteiger partial charge < -0.3 is 5.32 Å². The van der Waals surface area contributed by atoms with Gasteiger partial charge in [0.1, 0.15) is 5.82 Å². The van der Waals surface area contributed by atoms with E-state index in [1.165, 1.54) is 16.6 Å². The van der Waals surface area contributed by atoms with Crippen LogP contribution in [0.1, 0.15) is 28.5 Å². The molecular weight excluding hydrogens is 348 g/mol. The summed E-state index contributed by atoms with van der Waals surface area (Å²) in [5, 5.41) is 14.7. The van der Waals surface area contributed by atoms with Gasteiger partial charge in [0.2, 0.25) is 11.1 Å². The summed E-state index contributed by atoms with van der Waals surface area (Å²) in [5.74, 6) is 1.12. The highest BCUT2D eigenvalue weighted by atomic mass is 32.2. The molecule has 0 saturated heterocycles. The highest BCUT2D eigenvalue weighted by molar-refractivity contribution is 7.99. The second-order valence-corrected chi connectivity index (χ2v) is 7.87. The molecule has 0 aliphatic heterocycles. The molecule has 2 N–H and O–H groups in total. The van der Waals surface area contributed by atoms with E-state index >= 15 is 0 Å². The van der Waals surface area contributed by atoms with Crippen molar-refractivity contribution in [3.63, 3.8) is 0 Å². The first-order valence-corrected chi connectivity index (χ1v) is 9.84. The summed E-state index contributed by atoms with van der Waals surface area (Å²) in [6.07, 6.45) is 0.743. The number of rotatable bonds is 7. The maximum atomic E-state index is 12.0. The largest absolute Gasteiger partial charge is 0.348 e. The van der Waals surface area contributed by atoms with Crippen LogP contribution in [0.2, 0.25) is 0 Å². The standard InChI is InChI=1S/C15H16N4OS3/c1-10(12-5-3-7-22-12)16-14(20)9-23-15-17-13(18-19-15)8-11-4-2-6-21-11/h2-7,10H,8-9H2,1H3,(H,16,20)(H,17,18,19). The molecule has 1 amide bonds. The third-order valence-corrected chi connectivity index (χ3v) is 5.89. The van der Waals surface area contributed by atoms with Gasteiger partial charge in [0.25, 0.3) is 0 Å². The number of thiophene rings is 2. The number of amides is 1. The quantitative estimate of drug-likeness (QED) is 0.630. The Morgan fingerprint density at radius 1 is 1.35 bits per heavy atom. The van der Waals surface area contributed by atoms with E-state index in [4.69, 9.17) is 0 Å². The van der Waals surface area contributed by atoms with Gasteiger partial charge >= 0.3 is 0 Å². The fraction of sp³-hybridized carbons (Fsp3) is 0.267. The molecule has 0 saturated carbocycles. The molecule has 23 heavy (non-hydrogen) atoms. The molecule has 0 spiro atoms. The minimum atomic E-state index is -0.0134. The predicted octanol–water partition coefficient (Wildman–Crippen LogP) is 3.49. The highest BCUT2D eigenvalue weighted by Gasteiger charge is 2.12. The van der Waals surface area contributed by atoms with Gasteiger partial charge in [-0.05, 0) is 29.8 Å². The molecule has 120 valence electrons. The lowest BCUT2D eigenvalue weighted by Crippen LogP contribution is -2.27. The van der Waals surface area contributed by atoms with Crippen LogP contribution in [0.15, 0.2) is 40.2 Å². The first-order chi connectivity index (χ1) is 11.2. The molecule has 0 fully saturated rings. The SMILES string of the molecule is CC(NC(=O)CSc1n[nH]c(Cc2cccs2)n1)c1cccs1. The first-order valence-electron chi connectivity index (χ1n) is 7.10. The molecule has 5 nitrogen and oxygen atoms in total. The lowest BCUT2D eigenvalue weighted by atomic mass is 10.3. The van der Waals surface area contributed by atoms with Crippen LogP contribution in [0.3, 0.4) is 0 Å². The van der Waals surface area contributed by atoms with E-state index in [0.717, 1.165) is 17.1 Å². The Morgan fingerprint density at radius 3 is 2.91 bits per heavy atom. The molecule has 3 aromatic heterocycles. The van der Waals surface area contributed by atoms with Crippen molar-refractivity contribution in [1.82, 2.24) is 20.5 Å². The predicted molar refractivity (Wildman–Crippen MR) is 95.1 cm³/mol. The summed E-state index contributed by atoms with van der Waals surface area (Å²) in [4.78, 5) is 18.8. The third kappa shape index (κ3) is 4.66. The minimum absolute atomic E-state index is 0.0134. The fourth-order valence-corrected chi connectivity index (χ4v) is 4.09. The zero-order valence-corrected chi connectivity index (χ0v) is 14.9. The number of aromatic amines is 1. The van der Waals surface area contributed by atoms with Crippen LogP contribution in [0.25, 0.3) is 0 Å². The molecule has 1 atom stereocenters. The summed E-state index contributed by atoms with van der Waals surface area (Å²) in [6.45, 7) is 1.99. The van der Waals surface area contributed by atoms with E-state index in [0.29, 0.717) is 10.9 Å². The average Bonchev–Trinajstić information content (AvgIpc) is 3.28. The Labute approximate surface area is 146 Å². The fourth-order valence-electron chi connectivity index (χ4n) is 2.02. The molecule has 0 aliphatic carbocycles. The second-order valence-electron chi connectivity index (χ2n) is 4.91. The number of hydrogen-bond acceptors (Lipinski definition) is 6. The Bertz CT molecular complexity index is 737. The Balaban J connectivity index is 1.46. The van der Waals surface area contributed by atoms with Gasteiger partial charge in [0.05, 0.1) is 11.8 Å². The van der Waals surface area contributed by atoms with Crippen LogP contribution in [0.5, 0.6) is 0 Å². The van der Waals surface area contributed by atoms with Gasteiger partial charge in [-0.15, -0.1) is 27.8 Å². The van der Waals surface area contributed by atoms with Crippen LogP contribution in [-0.4, -0.2) is 26.8 Å². The van der Waals surface area contributed by atoms with Gasteiger partial charge in [0, 0.05) is 16.2 Å². The molecule has 1 unspecified atom stereocenters. The van der Waals surface area contributed by atoms with Crippen molar-refractivity contribution in [2.75, 3.05) is 5.75 Å². The van der Waals surface area contributed by atoms with E-state index < -0.39 is 0 Å². The normalized spacial score (nSPS) is 12.2.